The Labute approximate surface area is 107 Å². The van der Waals surface area contributed by atoms with Gasteiger partial charge in [0, 0.05) is 12.1 Å². The number of nitrogens with one attached hydrogen (secondary N) is 1. The van der Waals surface area contributed by atoms with Crippen molar-refractivity contribution in [3.63, 3.8) is 0 Å². The minimum atomic E-state index is -0.972. The van der Waals surface area contributed by atoms with Crippen molar-refractivity contribution in [1.29, 1.82) is 0 Å². The molecule has 0 unspecified atom stereocenters. The summed E-state index contributed by atoms with van der Waals surface area (Å²) >= 11 is 0. The molecule has 0 aliphatic rings. The molecule has 0 radical (unpaired) electrons. The minimum absolute atomic E-state index is 0.0481. The molecule has 0 atom stereocenters. The van der Waals surface area contributed by atoms with E-state index in [1.165, 1.54) is 12.1 Å². The molecule has 0 bridgehead atoms. The molecule has 4 nitrogen and oxygen atoms in total. The topological polar surface area (TPSA) is 66.4 Å². The Morgan fingerprint density at radius 3 is 2.17 bits per heavy atom. The number of aromatic carboxylic acids is 1. The molecular formula is C14H19NO3. The summed E-state index contributed by atoms with van der Waals surface area (Å²) in [6.45, 7) is 6.26. The zero-order chi connectivity index (χ0) is 13.8. The highest BCUT2D eigenvalue weighted by atomic mass is 16.4. The minimum Gasteiger partial charge on any atom is -0.478 e. The zero-order valence-electron chi connectivity index (χ0n) is 11.0. The van der Waals surface area contributed by atoms with Crippen molar-refractivity contribution < 1.29 is 14.7 Å². The summed E-state index contributed by atoms with van der Waals surface area (Å²) in [5, 5.41) is 11.5. The first-order valence-electron chi connectivity index (χ1n) is 5.91. The number of hydrogen-bond donors (Lipinski definition) is 2. The fourth-order valence-electron chi connectivity index (χ4n) is 1.41. The van der Waals surface area contributed by atoms with Gasteiger partial charge in [0.2, 0.25) is 5.91 Å². The van der Waals surface area contributed by atoms with E-state index in [9.17, 15) is 9.59 Å². The quantitative estimate of drug-likeness (QED) is 0.861. The smallest absolute Gasteiger partial charge is 0.335 e. The normalized spacial score (nSPS) is 11.1. The molecule has 0 spiro atoms. The third kappa shape index (κ3) is 4.99. The molecular weight excluding hydrogens is 230 g/mol. The number of benzene rings is 1. The van der Waals surface area contributed by atoms with Crippen molar-refractivity contribution in [3.05, 3.63) is 29.8 Å². The molecule has 0 aliphatic carbocycles. The summed E-state index contributed by atoms with van der Waals surface area (Å²) in [5.41, 5.74) is 0.964. The fraction of sp³-hybridized carbons (Fsp3) is 0.429. The first-order chi connectivity index (χ1) is 8.28. The third-order valence-corrected chi connectivity index (χ3v) is 2.52. The van der Waals surface area contributed by atoms with Crippen molar-refractivity contribution in [2.75, 3.05) is 5.32 Å². The lowest BCUT2D eigenvalue weighted by Crippen LogP contribution is -2.15. The van der Waals surface area contributed by atoms with Crippen LogP contribution in [0.3, 0.4) is 0 Å². The highest BCUT2D eigenvalue weighted by molar-refractivity contribution is 5.92. The number of carbonyl (C=O) groups excluding carboxylic acids is 1. The molecule has 0 saturated heterocycles. The van der Waals surface area contributed by atoms with Crippen LogP contribution in [0.15, 0.2) is 24.3 Å². The molecule has 1 aromatic rings. The molecule has 1 rings (SSSR count). The molecule has 0 saturated carbocycles. The average molecular weight is 249 g/mol. The predicted octanol–water partition coefficient (Wildman–Crippen LogP) is 3.15. The van der Waals surface area contributed by atoms with Crippen LogP contribution in [-0.4, -0.2) is 17.0 Å². The van der Waals surface area contributed by atoms with E-state index >= 15 is 0 Å². The van der Waals surface area contributed by atoms with Gasteiger partial charge in [0.15, 0.2) is 0 Å². The van der Waals surface area contributed by atoms with Gasteiger partial charge in [0.05, 0.1) is 5.56 Å². The van der Waals surface area contributed by atoms with Gasteiger partial charge in [-0.1, -0.05) is 20.8 Å². The molecule has 0 aromatic heterocycles. The molecule has 1 amide bonds. The van der Waals surface area contributed by atoms with Crippen molar-refractivity contribution in [3.8, 4) is 0 Å². The molecule has 98 valence electrons. The lowest BCUT2D eigenvalue weighted by Gasteiger charge is -2.17. The van der Waals surface area contributed by atoms with Crippen molar-refractivity contribution in [1.82, 2.24) is 0 Å². The number of hydrogen-bond acceptors (Lipinski definition) is 2. The standard InChI is InChI=1S/C14H19NO3/c1-14(2,3)9-8-12(16)15-11-6-4-10(5-7-11)13(17)18/h4-7H,8-9H2,1-3H3,(H,15,16)(H,17,18). The maximum absolute atomic E-state index is 11.7. The van der Waals surface area contributed by atoms with Gasteiger partial charge >= 0.3 is 5.97 Å². The number of carbonyl (C=O) groups is 2. The van der Waals surface area contributed by atoms with Crippen molar-refractivity contribution in [2.24, 2.45) is 5.41 Å². The Bertz CT molecular complexity index is 429. The van der Waals surface area contributed by atoms with E-state index in [4.69, 9.17) is 5.11 Å². The largest absolute Gasteiger partial charge is 0.478 e. The van der Waals surface area contributed by atoms with Gasteiger partial charge in [0.1, 0.15) is 0 Å². The molecule has 0 fully saturated rings. The fourth-order valence-corrected chi connectivity index (χ4v) is 1.41. The lowest BCUT2D eigenvalue weighted by molar-refractivity contribution is -0.116. The van der Waals surface area contributed by atoms with Gasteiger partial charge in [-0.15, -0.1) is 0 Å². The first-order valence-corrected chi connectivity index (χ1v) is 5.91. The van der Waals surface area contributed by atoms with Gasteiger partial charge < -0.3 is 10.4 Å². The SMILES string of the molecule is CC(C)(C)CCC(=O)Nc1ccc(C(=O)O)cc1. The van der Waals surface area contributed by atoms with E-state index in [0.29, 0.717) is 12.1 Å². The van der Waals surface area contributed by atoms with Gasteiger partial charge in [-0.05, 0) is 36.1 Å². The maximum atomic E-state index is 11.7. The van der Waals surface area contributed by atoms with Gasteiger partial charge in [0.25, 0.3) is 0 Å². The van der Waals surface area contributed by atoms with Crippen LogP contribution in [0.5, 0.6) is 0 Å². The highest BCUT2D eigenvalue weighted by Gasteiger charge is 2.13. The molecule has 0 heterocycles. The van der Waals surface area contributed by atoms with E-state index in [1.54, 1.807) is 12.1 Å². The summed E-state index contributed by atoms with van der Waals surface area (Å²) in [7, 11) is 0. The number of rotatable bonds is 4. The Morgan fingerprint density at radius 1 is 1.17 bits per heavy atom. The van der Waals surface area contributed by atoms with Crippen LogP contribution in [0.1, 0.15) is 44.0 Å². The van der Waals surface area contributed by atoms with Gasteiger partial charge in [-0.25, -0.2) is 4.79 Å². The molecule has 18 heavy (non-hydrogen) atoms. The predicted molar refractivity (Wildman–Crippen MR) is 70.7 cm³/mol. The number of carboxylic acid groups (broad SMARTS) is 1. The zero-order valence-corrected chi connectivity index (χ0v) is 11.0. The lowest BCUT2D eigenvalue weighted by atomic mass is 9.90. The highest BCUT2D eigenvalue weighted by Crippen LogP contribution is 2.21. The van der Waals surface area contributed by atoms with Crippen molar-refractivity contribution in [2.45, 2.75) is 33.6 Å². The molecule has 2 N–H and O–H groups in total. The maximum Gasteiger partial charge on any atom is 0.335 e. The van der Waals surface area contributed by atoms with Crippen LogP contribution in [0.25, 0.3) is 0 Å². The monoisotopic (exact) mass is 249 g/mol. The van der Waals surface area contributed by atoms with Crippen LogP contribution in [0, 0.1) is 5.41 Å². The van der Waals surface area contributed by atoms with Crippen LogP contribution >= 0.6 is 0 Å². The van der Waals surface area contributed by atoms with E-state index in [0.717, 1.165) is 6.42 Å². The molecule has 0 aliphatic heterocycles. The second kappa shape index (κ2) is 5.67. The third-order valence-electron chi connectivity index (χ3n) is 2.52. The molecule has 4 heteroatoms. The summed E-state index contributed by atoms with van der Waals surface area (Å²) < 4.78 is 0. The van der Waals surface area contributed by atoms with Crippen LogP contribution in [0.4, 0.5) is 5.69 Å². The summed E-state index contributed by atoms with van der Waals surface area (Å²) in [4.78, 5) is 22.3. The molecule has 1 aromatic carbocycles. The van der Waals surface area contributed by atoms with Crippen LogP contribution in [-0.2, 0) is 4.79 Å². The van der Waals surface area contributed by atoms with E-state index in [-0.39, 0.29) is 16.9 Å². The number of carboxylic acids is 1. The van der Waals surface area contributed by atoms with Gasteiger partial charge in [-0.3, -0.25) is 4.79 Å². The van der Waals surface area contributed by atoms with Crippen molar-refractivity contribution >= 4 is 17.6 Å². The van der Waals surface area contributed by atoms with E-state index < -0.39 is 5.97 Å². The summed E-state index contributed by atoms with van der Waals surface area (Å²) in [6, 6.07) is 6.14. The number of amides is 1. The Balaban J connectivity index is 2.52. The van der Waals surface area contributed by atoms with Crippen LogP contribution in [0.2, 0.25) is 0 Å². The Kier molecular flexibility index (Phi) is 4.48. The second-order valence-corrected chi connectivity index (χ2v) is 5.49. The van der Waals surface area contributed by atoms with Gasteiger partial charge in [-0.2, -0.15) is 0 Å². The average Bonchev–Trinajstić information content (AvgIpc) is 2.26. The Morgan fingerprint density at radius 2 is 1.72 bits per heavy atom. The summed E-state index contributed by atoms with van der Waals surface area (Å²) in [5.74, 6) is -1.02. The Hall–Kier alpha value is -1.84. The number of anilines is 1. The first kappa shape index (κ1) is 14.2. The van der Waals surface area contributed by atoms with Crippen LogP contribution < -0.4 is 5.32 Å². The summed E-state index contributed by atoms with van der Waals surface area (Å²) in [6.07, 6.45) is 1.27. The van der Waals surface area contributed by atoms with E-state index in [1.807, 2.05) is 0 Å². The second-order valence-electron chi connectivity index (χ2n) is 5.49. The van der Waals surface area contributed by atoms with E-state index in [2.05, 4.69) is 26.1 Å².